The number of hydrogen-bond acceptors (Lipinski definition) is 7. The largest absolute Gasteiger partial charge is 0.368 e. The minimum absolute atomic E-state index is 0.0700. The van der Waals surface area contributed by atoms with Gasteiger partial charge in [-0.15, -0.1) is 0 Å². The van der Waals surface area contributed by atoms with E-state index < -0.39 is 10.8 Å². The van der Waals surface area contributed by atoms with E-state index in [1.54, 1.807) is 14.0 Å². The zero-order valence-corrected chi connectivity index (χ0v) is 10.1. The Morgan fingerprint density at radius 2 is 2.33 bits per heavy atom. The standard InChI is InChI=1S/C9H14N6O3/c1-3-14(5-7(10)16)8-6(15(17)18)4-12-9(11-2)13-8/h4H,3,5H2,1-2H3,(H2,10,16)(H,11,12,13). The van der Waals surface area contributed by atoms with Gasteiger partial charge in [-0.25, -0.2) is 4.98 Å². The highest BCUT2D eigenvalue weighted by Crippen LogP contribution is 2.25. The van der Waals surface area contributed by atoms with Crippen LogP contribution < -0.4 is 16.0 Å². The number of anilines is 2. The molecule has 1 heterocycles. The van der Waals surface area contributed by atoms with E-state index in [4.69, 9.17) is 5.73 Å². The molecule has 0 saturated carbocycles. The number of nitrogens with zero attached hydrogens (tertiary/aromatic N) is 4. The van der Waals surface area contributed by atoms with E-state index in [1.807, 2.05) is 0 Å². The summed E-state index contributed by atoms with van der Waals surface area (Å²) in [5, 5.41) is 13.6. The second kappa shape index (κ2) is 5.75. The lowest BCUT2D eigenvalue weighted by molar-refractivity contribution is -0.384. The Bertz CT molecular complexity index is 464. The average molecular weight is 254 g/mol. The van der Waals surface area contributed by atoms with Crippen molar-refractivity contribution in [1.29, 1.82) is 0 Å². The number of rotatable bonds is 6. The summed E-state index contributed by atoms with van der Waals surface area (Å²) in [6.07, 6.45) is 1.10. The van der Waals surface area contributed by atoms with Crippen molar-refractivity contribution in [2.24, 2.45) is 5.73 Å². The Hall–Kier alpha value is -2.45. The topological polar surface area (TPSA) is 127 Å². The van der Waals surface area contributed by atoms with Gasteiger partial charge in [-0.1, -0.05) is 0 Å². The molecule has 3 N–H and O–H groups in total. The summed E-state index contributed by atoms with van der Waals surface area (Å²) in [5.74, 6) is -0.282. The zero-order chi connectivity index (χ0) is 13.7. The number of nitro groups is 1. The molecule has 9 nitrogen and oxygen atoms in total. The molecule has 18 heavy (non-hydrogen) atoms. The number of carbonyl (C=O) groups excluding carboxylic acids is 1. The molecule has 98 valence electrons. The summed E-state index contributed by atoms with van der Waals surface area (Å²) >= 11 is 0. The maximum atomic E-state index is 10.9. The first-order valence-corrected chi connectivity index (χ1v) is 5.22. The lowest BCUT2D eigenvalue weighted by atomic mass is 10.4. The Balaban J connectivity index is 3.23. The van der Waals surface area contributed by atoms with Gasteiger partial charge in [-0.05, 0) is 6.92 Å². The summed E-state index contributed by atoms with van der Waals surface area (Å²) in [4.78, 5) is 30.4. The number of primary amides is 1. The molecule has 0 radical (unpaired) electrons. The van der Waals surface area contributed by atoms with Gasteiger partial charge in [-0.2, -0.15) is 4.98 Å². The maximum Gasteiger partial charge on any atom is 0.329 e. The summed E-state index contributed by atoms with van der Waals surface area (Å²) in [7, 11) is 1.59. The van der Waals surface area contributed by atoms with Crippen LogP contribution in [0.15, 0.2) is 6.20 Å². The molecular weight excluding hydrogens is 240 g/mol. The second-order valence-electron chi connectivity index (χ2n) is 3.39. The normalized spacial score (nSPS) is 9.89. The molecule has 1 amide bonds. The predicted octanol–water partition coefficient (Wildman–Crippen LogP) is -0.262. The molecule has 1 aromatic heterocycles. The van der Waals surface area contributed by atoms with Crippen LogP contribution >= 0.6 is 0 Å². The van der Waals surface area contributed by atoms with Crippen molar-refractivity contribution in [1.82, 2.24) is 9.97 Å². The fourth-order valence-electron chi connectivity index (χ4n) is 1.37. The fourth-order valence-corrected chi connectivity index (χ4v) is 1.37. The Labute approximate surface area is 103 Å². The van der Waals surface area contributed by atoms with E-state index in [-0.39, 0.29) is 24.0 Å². The van der Waals surface area contributed by atoms with Gasteiger partial charge in [0, 0.05) is 13.6 Å². The van der Waals surface area contributed by atoms with E-state index in [2.05, 4.69) is 15.3 Å². The van der Waals surface area contributed by atoms with Crippen LogP contribution in [0.25, 0.3) is 0 Å². The summed E-state index contributed by atoms with van der Waals surface area (Å²) in [6, 6.07) is 0. The quantitative estimate of drug-likeness (QED) is 0.528. The van der Waals surface area contributed by atoms with Crippen LogP contribution in [0.5, 0.6) is 0 Å². The third-order valence-corrected chi connectivity index (χ3v) is 2.20. The first kappa shape index (κ1) is 13.6. The van der Waals surface area contributed by atoms with E-state index in [9.17, 15) is 14.9 Å². The molecule has 0 atom stereocenters. The monoisotopic (exact) mass is 254 g/mol. The Kier molecular flexibility index (Phi) is 4.35. The van der Waals surface area contributed by atoms with Gasteiger partial charge in [0.1, 0.15) is 6.20 Å². The first-order valence-electron chi connectivity index (χ1n) is 5.22. The van der Waals surface area contributed by atoms with Crippen LogP contribution in [0.2, 0.25) is 0 Å². The van der Waals surface area contributed by atoms with Gasteiger partial charge in [0.2, 0.25) is 17.7 Å². The molecule has 1 aromatic rings. The van der Waals surface area contributed by atoms with Crippen LogP contribution in [0, 0.1) is 10.1 Å². The first-order chi connectivity index (χ1) is 8.49. The minimum atomic E-state index is -0.599. The number of carbonyl (C=O) groups is 1. The highest BCUT2D eigenvalue weighted by molar-refractivity contribution is 5.80. The van der Waals surface area contributed by atoms with E-state index in [1.165, 1.54) is 4.90 Å². The molecule has 0 saturated heterocycles. The average Bonchev–Trinajstić information content (AvgIpc) is 2.34. The molecule has 0 aliphatic heterocycles. The molecule has 9 heteroatoms. The van der Waals surface area contributed by atoms with Gasteiger partial charge < -0.3 is 16.0 Å². The molecule has 0 fully saturated rings. The van der Waals surface area contributed by atoms with Crippen molar-refractivity contribution in [3.63, 3.8) is 0 Å². The zero-order valence-electron chi connectivity index (χ0n) is 10.1. The van der Waals surface area contributed by atoms with Crippen molar-refractivity contribution >= 4 is 23.4 Å². The van der Waals surface area contributed by atoms with Gasteiger partial charge in [0.05, 0.1) is 11.5 Å². The third-order valence-electron chi connectivity index (χ3n) is 2.20. The molecule has 0 unspecified atom stereocenters. The van der Waals surface area contributed by atoms with Crippen molar-refractivity contribution in [2.45, 2.75) is 6.92 Å². The predicted molar refractivity (Wildman–Crippen MR) is 65.3 cm³/mol. The molecule has 1 rings (SSSR count). The van der Waals surface area contributed by atoms with Crippen molar-refractivity contribution in [3.05, 3.63) is 16.3 Å². The highest BCUT2D eigenvalue weighted by Gasteiger charge is 2.22. The lowest BCUT2D eigenvalue weighted by Crippen LogP contribution is -2.34. The number of likely N-dealkylation sites (N-methyl/N-ethyl adjacent to an activating group) is 1. The Morgan fingerprint density at radius 1 is 1.67 bits per heavy atom. The van der Waals surface area contributed by atoms with Gasteiger partial charge in [0.15, 0.2) is 0 Å². The van der Waals surface area contributed by atoms with E-state index in [0.717, 1.165) is 6.20 Å². The second-order valence-corrected chi connectivity index (χ2v) is 3.39. The summed E-state index contributed by atoms with van der Waals surface area (Å²) in [5.41, 5.74) is 4.83. The SMILES string of the molecule is CCN(CC(N)=O)c1nc(NC)ncc1[N+](=O)[O-]. The van der Waals surface area contributed by atoms with Crippen LogP contribution in [0.1, 0.15) is 6.92 Å². The van der Waals surface area contributed by atoms with Gasteiger partial charge >= 0.3 is 5.69 Å². The summed E-state index contributed by atoms with van der Waals surface area (Å²) in [6.45, 7) is 1.97. The number of aromatic nitrogens is 2. The van der Waals surface area contributed by atoms with Crippen molar-refractivity contribution in [2.75, 3.05) is 30.4 Å². The smallest absolute Gasteiger partial charge is 0.329 e. The van der Waals surface area contributed by atoms with Crippen LogP contribution in [0.3, 0.4) is 0 Å². The lowest BCUT2D eigenvalue weighted by Gasteiger charge is -2.19. The van der Waals surface area contributed by atoms with E-state index >= 15 is 0 Å². The number of amides is 1. The number of hydrogen-bond donors (Lipinski definition) is 2. The molecule has 0 aliphatic rings. The van der Waals surface area contributed by atoms with Crippen molar-refractivity contribution < 1.29 is 9.72 Å². The molecule has 0 spiro atoms. The molecule has 0 aliphatic carbocycles. The van der Waals surface area contributed by atoms with Crippen molar-refractivity contribution in [3.8, 4) is 0 Å². The fraction of sp³-hybridized carbons (Fsp3) is 0.444. The molecule has 0 aromatic carbocycles. The summed E-state index contributed by atoms with van der Waals surface area (Å²) < 4.78 is 0. The van der Waals surface area contributed by atoms with Gasteiger partial charge in [-0.3, -0.25) is 14.9 Å². The third kappa shape index (κ3) is 3.03. The number of nitrogens with one attached hydrogen (secondary N) is 1. The molecular formula is C9H14N6O3. The Morgan fingerprint density at radius 3 is 2.78 bits per heavy atom. The van der Waals surface area contributed by atoms with Crippen LogP contribution in [0.4, 0.5) is 17.5 Å². The minimum Gasteiger partial charge on any atom is -0.368 e. The number of nitrogens with two attached hydrogens (primary N) is 1. The highest BCUT2D eigenvalue weighted by atomic mass is 16.6. The maximum absolute atomic E-state index is 10.9. The van der Waals surface area contributed by atoms with Gasteiger partial charge in [0.25, 0.3) is 0 Å². The van der Waals surface area contributed by atoms with Crippen LogP contribution in [-0.2, 0) is 4.79 Å². The molecule has 0 bridgehead atoms. The van der Waals surface area contributed by atoms with E-state index in [0.29, 0.717) is 6.54 Å². The van der Waals surface area contributed by atoms with Crippen LogP contribution in [-0.4, -0.2) is 40.9 Å².